The van der Waals surface area contributed by atoms with E-state index in [4.69, 9.17) is 9.47 Å². The normalized spacial score (nSPS) is 28.6. The summed E-state index contributed by atoms with van der Waals surface area (Å²) in [6, 6.07) is 0. The van der Waals surface area contributed by atoms with Gasteiger partial charge >= 0.3 is 11.9 Å². The first kappa shape index (κ1) is 17.0. The Morgan fingerprint density at radius 3 is 2.30 bits per heavy atom. The first-order valence-corrected chi connectivity index (χ1v) is 7.33. The number of hydrogen-bond acceptors (Lipinski definition) is 5. The molecule has 1 aliphatic carbocycles. The van der Waals surface area contributed by atoms with E-state index in [1.165, 1.54) is 13.8 Å². The van der Waals surface area contributed by atoms with E-state index < -0.39 is 5.60 Å². The van der Waals surface area contributed by atoms with Gasteiger partial charge in [0.2, 0.25) is 0 Å². The van der Waals surface area contributed by atoms with Crippen LogP contribution in [-0.2, 0) is 19.1 Å². The molecule has 1 N–H and O–H groups in total. The fourth-order valence-corrected chi connectivity index (χ4v) is 2.74. The number of unbranched alkanes of at least 4 members (excludes halogenated alkanes) is 2. The second-order valence-corrected chi connectivity index (χ2v) is 5.85. The lowest BCUT2D eigenvalue weighted by Gasteiger charge is -2.50. The molecule has 1 rings (SSSR count). The highest BCUT2D eigenvalue weighted by atomic mass is 16.5. The van der Waals surface area contributed by atoms with Crippen molar-refractivity contribution in [2.75, 3.05) is 13.2 Å². The number of ether oxygens (including phenoxy) is 2. The van der Waals surface area contributed by atoms with Gasteiger partial charge in [-0.15, -0.1) is 0 Å². The van der Waals surface area contributed by atoms with E-state index in [0.29, 0.717) is 13.2 Å². The van der Waals surface area contributed by atoms with E-state index in [1.54, 1.807) is 0 Å². The highest BCUT2D eigenvalue weighted by Gasteiger charge is 2.50. The van der Waals surface area contributed by atoms with Crippen molar-refractivity contribution in [3.63, 3.8) is 0 Å². The fourth-order valence-electron chi connectivity index (χ4n) is 2.74. The Morgan fingerprint density at radius 2 is 1.75 bits per heavy atom. The van der Waals surface area contributed by atoms with Gasteiger partial charge < -0.3 is 14.6 Å². The molecule has 1 aliphatic rings. The van der Waals surface area contributed by atoms with Crippen LogP contribution >= 0.6 is 0 Å². The van der Waals surface area contributed by atoms with Crippen molar-refractivity contribution in [3.05, 3.63) is 0 Å². The Labute approximate surface area is 120 Å². The molecule has 116 valence electrons. The molecule has 1 fully saturated rings. The molecule has 0 aromatic rings. The standard InChI is InChI=1S/C15H26O5/c1-11(16)19-8-6-4-5-7-13-9-14(15(13,3)18)10-20-12(2)17/h13-14,18H,4-10H2,1-3H3/t13-,14+,15+/m1/s1. The number of aliphatic hydroxyl groups is 1. The van der Waals surface area contributed by atoms with Crippen LogP contribution in [0.4, 0.5) is 0 Å². The Kier molecular flexibility index (Phi) is 6.46. The smallest absolute Gasteiger partial charge is 0.302 e. The summed E-state index contributed by atoms with van der Waals surface area (Å²) in [6.45, 7) is 5.41. The van der Waals surface area contributed by atoms with Gasteiger partial charge in [0.25, 0.3) is 0 Å². The number of esters is 2. The Balaban J connectivity index is 2.11. The molecule has 1 saturated carbocycles. The summed E-state index contributed by atoms with van der Waals surface area (Å²) in [5, 5.41) is 10.4. The molecule has 0 bridgehead atoms. The number of carbonyl (C=O) groups is 2. The van der Waals surface area contributed by atoms with Gasteiger partial charge in [-0.1, -0.05) is 12.8 Å². The quantitative estimate of drug-likeness (QED) is 0.546. The van der Waals surface area contributed by atoms with E-state index in [2.05, 4.69) is 0 Å². The van der Waals surface area contributed by atoms with Gasteiger partial charge in [0, 0.05) is 19.8 Å². The Hall–Kier alpha value is -1.10. The lowest BCUT2D eigenvalue weighted by molar-refractivity contribution is -0.171. The van der Waals surface area contributed by atoms with Crippen molar-refractivity contribution in [1.29, 1.82) is 0 Å². The monoisotopic (exact) mass is 286 g/mol. The van der Waals surface area contributed by atoms with E-state index >= 15 is 0 Å². The highest BCUT2D eigenvalue weighted by molar-refractivity contribution is 5.66. The van der Waals surface area contributed by atoms with Gasteiger partial charge in [0.1, 0.15) is 0 Å². The molecule has 0 unspecified atom stereocenters. The topological polar surface area (TPSA) is 72.8 Å². The molecule has 0 aromatic carbocycles. The molecular formula is C15H26O5. The summed E-state index contributed by atoms with van der Waals surface area (Å²) in [4.78, 5) is 21.3. The largest absolute Gasteiger partial charge is 0.466 e. The number of hydrogen-bond donors (Lipinski definition) is 1. The predicted octanol–water partition coefficient (Wildman–Crippen LogP) is 2.06. The van der Waals surface area contributed by atoms with Gasteiger partial charge in [0.15, 0.2) is 0 Å². The summed E-state index contributed by atoms with van der Waals surface area (Å²) < 4.78 is 9.83. The SMILES string of the molecule is CC(=O)OCCCCC[C@@H]1C[C@@H](COC(C)=O)[C@@]1(C)O. The van der Waals surface area contributed by atoms with Gasteiger partial charge in [-0.25, -0.2) is 0 Å². The van der Waals surface area contributed by atoms with E-state index in [1.807, 2.05) is 6.92 Å². The van der Waals surface area contributed by atoms with Crippen LogP contribution in [0.1, 0.15) is 52.9 Å². The lowest BCUT2D eigenvalue weighted by atomic mass is 9.60. The molecule has 0 aliphatic heterocycles. The third kappa shape index (κ3) is 5.12. The Morgan fingerprint density at radius 1 is 1.10 bits per heavy atom. The molecule has 0 radical (unpaired) electrons. The van der Waals surface area contributed by atoms with Crippen LogP contribution in [-0.4, -0.2) is 35.9 Å². The maximum absolute atomic E-state index is 10.8. The summed E-state index contributed by atoms with van der Waals surface area (Å²) in [5.41, 5.74) is -0.731. The van der Waals surface area contributed by atoms with E-state index in [9.17, 15) is 14.7 Å². The minimum absolute atomic E-state index is 0.0532. The van der Waals surface area contributed by atoms with E-state index in [0.717, 1.165) is 32.1 Å². The molecule has 0 heterocycles. The van der Waals surface area contributed by atoms with Crippen LogP contribution in [0.25, 0.3) is 0 Å². The molecule has 20 heavy (non-hydrogen) atoms. The van der Waals surface area contributed by atoms with Crippen molar-refractivity contribution in [1.82, 2.24) is 0 Å². The average molecular weight is 286 g/mol. The van der Waals surface area contributed by atoms with Crippen LogP contribution in [0.3, 0.4) is 0 Å². The van der Waals surface area contributed by atoms with Gasteiger partial charge in [-0.05, 0) is 32.1 Å². The maximum atomic E-state index is 10.8. The van der Waals surface area contributed by atoms with Gasteiger partial charge in [-0.3, -0.25) is 9.59 Å². The second kappa shape index (κ2) is 7.62. The van der Waals surface area contributed by atoms with Crippen LogP contribution in [0, 0.1) is 11.8 Å². The van der Waals surface area contributed by atoms with Crippen LogP contribution in [0.5, 0.6) is 0 Å². The van der Waals surface area contributed by atoms with Gasteiger partial charge in [-0.2, -0.15) is 0 Å². The van der Waals surface area contributed by atoms with E-state index in [-0.39, 0.29) is 23.8 Å². The van der Waals surface area contributed by atoms with Gasteiger partial charge in [0.05, 0.1) is 18.8 Å². The average Bonchev–Trinajstić information content (AvgIpc) is 2.34. The summed E-state index contributed by atoms with van der Waals surface area (Å²) in [7, 11) is 0. The number of carbonyl (C=O) groups excluding carboxylic acids is 2. The minimum atomic E-state index is -0.731. The van der Waals surface area contributed by atoms with Crippen LogP contribution < -0.4 is 0 Å². The van der Waals surface area contributed by atoms with Crippen molar-refractivity contribution < 1.29 is 24.2 Å². The summed E-state index contributed by atoms with van der Waals surface area (Å²) >= 11 is 0. The maximum Gasteiger partial charge on any atom is 0.302 e. The molecule has 0 saturated heterocycles. The van der Waals surface area contributed by atoms with Crippen molar-refractivity contribution in [2.24, 2.45) is 11.8 Å². The fraction of sp³-hybridized carbons (Fsp3) is 0.867. The third-order valence-corrected chi connectivity index (χ3v) is 4.21. The first-order chi connectivity index (χ1) is 9.34. The second-order valence-electron chi connectivity index (χ2n) is 5.85. The molecule has 0 amide bonds. The molecule has 0 spiro atoms. The minimum Gasteiger partial charge on any atom is -0.466 e. The molecule has 3 atom stereocenters. The lowest BCUT2D eigenvalue weighted by Crippen LogP contribution is -2.55. The molecule has 5 nitrogen and oxygen atoms in total. The van der Waals surface area contributed by atoms with Crippen molar-refractivity contribution >= 4 is 11.9 Å². The molecule has 0 aromatic heterocycles. The van der Waals surface area contributed by atoms with Crippen LogP contribution in [0.2, 0.25) is 0 Å². The summed E-state index contributed by atoms with van der Waals surface area (Å²) in [6.07, 6.45) is 4.75. The predicted molar refractivity (Wildman–Crippen MR) is 74.0 cm³/mol. The third-order valence-electron chi connectivity index (χ3n) is 4.21. The zero-order chi connectivity index (χ0) is 15.2. The highest BCUT2D eigenvalue weighted by Crippen LogP contribution is 2.46. The zero-order valence-electron chi connectivity index (χ0n) is 12.7. The molecule has 5 heteroatoms. The summed E-state index contributed by atoms with van der Waals surface area (Å²) in [5.74, 6) is -0.204. The Bertz CT molecular complexity index is 337. The van der Waals surface area contributed by atoms with Crippen molar-refractivity contribution in [2.45, 2.75) is 58.5 Å². The number of rotatable bonds is 8. The molecular weight excluding hydrogens is 260 g/mol. The zero-order valence-corrected chi connectivity index (χ0v) is 12.7. The van der Waals surface area contributed by atoms with Crippen LogP contribution in [0.15, 0.2) is 0 Å². The first-order valence-electron chi connectivity index (χ1n) is 7.33. The van der Waals surface area contributed by atoms with Crippen molar-refractivity contribution in [3.8, 4) is 0 Å².